The second kappa shape index (κ2) is 4.49. The molecule has 0 saturated heterocycles. The number of rotatable bonds is 3. The van der Waals surface area contributed by atoms with Crippen molar-refractivity contribution in [1.82, 2.24) is 0 Å². The van der Waals surface area contributed by atoms with Gasteiger partial charge in [0.05, 0.1) is 12.8 Å². The van der Waals surface area contributed by atoms with E-state index < -0.39 is 0 Å². The van der Waals surface area contributed by atoms with Gasteiger partial charge in [0.15, 0.2) is 11.5 Å². The quantitative estimate of drug-likeness (QED) is 0.898. The molecule has 0 aliphatic carbocycles. The van der Waals surface area contributed by atoms with E-state index >= 15 is 0 Å². The highest BCUT2D eigenvalue weighted by Gasteiger charge is 2.17. The maximum Gasteiger partial charge on any atom is 0.231 e. The van der Waals surface area contributed by atoms with Crippen LogP contribution in [-0.2, 0) is 0 Å². The average molecular weight is 243 g/mol. The highest BCUT2D eigenvalue weighted by molar-refractivity contribution is 5.70. The molecule has 0 aromatic heterocycles. The Morgan fingerprint density at radius 3 is 2.67 bits per heavy atom. The van der Waals surface area contributed by atoms with Gasteiger partial charge in [-0.1, -0.05) is 6.07 Å². The first-order valence-corrected chi connectivity index (χ1v) is 5.66. The average Bonchev–Trinajstić information content (AvgIpc) is 2.89. The topological polar surface area (TPSA) is 39.7 Å². The van der Waals surface area contributed by atoms with Gasteiger partial charge in [0, 0.05) is 5.69 Å². The summed E-state index contributed by atoms with van der Waals surface area (Å²) in [5, 5.41) is 3.30. The molecule has 0 spiro atoms. The van der Waals surface area contributed by atoms with Gasteiger partial charge in [0.1, 0.15) is 5.75 Å². The highest BCUT2D eigenvalue weighted by atomic mass is 16.7. The Morgan fingerprint density at radius 1 is 1.06 bits per heavy atom. The molecular weight excluding hydrogens is 230 g/mol. The van der Waals surface area contributed by atoms with E-state index in [1.165, 1.54) is 0 Å². The Morgan fingerprint density at radius 2 is 1.89 bits per heavy atom. The lowest BCUT2D eigenvalue weighted by atomic mass is 10.2. The molecule has 0 saturated carbocycles. The van der Waals surface area contributed by atoms with Crippen LogP contribution < -0.4 is 19.5 Å². The first kappa shape index (κ1) is 10.8. The molecule has 0 bridgehead atoms. The predicted molar refractivity (Wildman–Crippen MR) is 68.8 cm³/mol. The van der Waals surface area contributed by atoms with Gasteiger partial charge in [-0.25, -0.2) is 0 Å². The number of hydrogen-bond acceptors (Lipinski definition) is 4. The Labute approximate surface area is 105 Å². The number of nitrogens with one attached hydrogen (secondary N) is 1. The first-order chi connectivity index (χ1) is 8.86. The van der Waals surface area contributed by atoms with Gasteiger partial charge in [0.2, 0.25) is 6.79 Å². The van der Waals surface area contributed by atoms with E-state index in [0.717, 1.165) is 28.6 Å². The molecule has 92 valence electrons. The Kier molecular flexibility index (Phi) is 2.68. The number of fused-ring (bicyclic) bond motifs is 1. The summed E-state index contributed by atoms with van der Waals surface area (Å²) < 4.78 is 15.9. The van der Waals surface area contributed by atoms with E-state index in [9.17, 15) is 0 Å². The van der Waals surface area contributed by atoms with Crippen LogP contribution in [0.15, 0.2) is 42.5 Å². The Hall–Kier alpha value is -2.36. The molecule has 2 aromatic carbocycles. The summed E-state index contributed by atoms with van der Waals surface area (Å²) in [6, 6.07) is 13.5. The molecule has 1 aliphatic rings. The normalized spacial score (nSPS) is 12.3. The van der Waals surface area contributed by atoms with Crippen LogP contribution in [0.25, 0.3) is 0 Å². The molecule has 1 aliphatic heterocycles. The van der Waals surface area contributed by atoms with Crippen molar-refractivity contribution in [2.24, 2.45) is 0 Å². The zero-order valence-corrected chi connectivity index (χ0v) is 9.97. The van der Waals surface area contributed by atoms with Crippen molar-refractivity contribution in [2.45, 2.75) is 0 Å². The summed E-state index contributed by atoms with van der Waals surface area (Å²) in [4.78, 5) is 0. The molecule has 1 heterocycles. The molecule has 18 heavy (non-hydrogen) atoms. The standard InChI is InChI=1S/C14H13NO3/c1-16-11-7-5-10(6-8-11)15-12-3-2-4-13-14(12)18-9-17-13/h2-8,15H,9H2,1H3. The number of methoxy groups -OCH3 is 1. The predicted octanol–water partition coefficient (Wildman–Crippen LogP) is 3.17. The van der Waals surface area contributed by atoms with Crippen molar-refractivity contribution in [3.63, 3.8) is 0 Å². The lowest BCUT2D eigenvalue weighted by Gasteiger charge is -2.09. The van der Waals surface area contributed by atoms with Crippen LogP contribution in [0.4, 0.5) is 11.4 Å². The fraction of sp³-hybridized carbons (Fsp3) is 0.143. The van der Waals surface area contributed by atoms with Gasteiger partial charge in [0.25, 0.3) is 0 Å². The molecule has 0 unspecified atom stereocenters. The van der Waals surface area contributed by atoms with E-state index in [2.05, 4.69) is 5.32 Å². The van der Waals surface area contributed by atoms with Gasteiger partial charge in [-0.05, 0) is 36.4 Å². The maximum absolute atomic E-state index is 5.44. The maximum atomic E-state index is 5.44. The minimum atomic E-state index is 0.274. The van der Waals surface area contributed by atoms with Crippen molar-refractivity contribution in [2.75, 3.05) is 19.2 Å². The zero-order valence-electron chi connectivity index (χ0n) is 9.97. The number of anilines is 2. The number of ether oxygens (including phenoxy) is 3. The van der Waals surface area contributed by atoms with Crippen molar-refractivity contribution < 1.29 is 14.2 Å². The fourth-order valence-electron chi connectivity index (χ4n) is 1.86. The minimum absolute atomic E-state index is 0.274. The van der Waals surface area contributed by atoms with Crippen molar-refractivity contribution in [3.05, 3.63) is 42.5 Å². The van der Waals surface area contributed by atoms with Crippen LogP contribution in [0.2, 0.25) is 0 Å². The Bertz CT molecular complexity index is 551. The van der Waals surface area contributed by atoms with Crippen LogP contribution in [0, 0.1) is 0 Å². The molecule has 4 heteroatoms. The largest absolute Gasteiger partial charge is 0.497 e. The molecule has 1 N–H and O–H groups in total. The number of benzene rings is 2. The summed E-state index contributed by atoms with van der Waals surface area (Å²) in [6.45, 7) is 0.274. The van der Waals surface area contributed by atoms with E-state index in [1.54, 1.807) is 7.11 Å². The van der Waals surface area contributed by atoms with Crippen molar-refractivity contribution in [1.29, 1.82) is 0 Å². The van der Waals surface area contributed by atoms with Gasteiger partial charge < -0.3 is 19.5 Å². The van der Waals surface area contributed by atoms with Gasteiger partial charge in [-0.2, -0.15) is 0 Å². The third-order valence-corrected chi connectivity index (χ3v) is 2.77. The molecule has 0 radical (unpaired) electrons. The third-order valence-electron chi connectivity index (χ3n) is 2.77. The summed E-state index contributed by atoms with van der Waals surface area (Å²) in [5.41, 5.74) is 1.87. The number of para-hydroxylation sites is 1. The summed E-state index contributed by atoms with van der Waals surface area (Å²) in [6.07, 6.45) is 0. The van der Waals surface area contributed by atoms with Crippen molar-refractivity contribution in [3.8, 4) is 17.2 Å². The van der Waals surface area contributed by atoms with Crippen LogP contribution >= 0.6 is 0 Å². The monoisotopic (exact) mass is 243 g/mol. The molecule has 0 amide bonds. The second-order valence-electron chi connectivity index (χ2n) is 3.89. The minimum Gasteiger partial charge on any atom is -0.497 e. The molecule has 3 rings (SSSR count). The van der Waals surface area contributed by atoms with Crippen LogP contribution in [0.1, 0.15) is 0 Å². The first-order valence-electron chi connectivity index (χ1n) is 5.66. The summed E-state index contributed by atoms with van der Waals surface area (Å²) >= 11 is 0. The van der Waals surface area contributed by atoms with E-state index in [4.69, 9.17) is 14.2 Å². The van der Waals surface area contributed by atoms with E-state index in [0.29, 0.717) is 0 Å². The van der Waals surface area contributed by atoms with Gasteiger partial charge in [-0.3, -0.25) is 0 Å². The Balaban J connectivity index is 1.86. The highest BCUT2D eigenvalue weighted by Crippen LogP contribution is 2.40. The van der Waals surface area contributed by atoms with Crippen molar-refractivity contribution >= 4 is 11.4 Å². The van der Waals surface area contributed by atoms with E-state index in [-0.39, 0.29) is 6.79 Å². The summed E-state index contributed by atoms with van der Waals surface area (Å²) in [5.74, 6) is 2.36. The smallest absolute Gasteiger partial charge is 0.231 e. The molecule has 0 atom stereocenters. The van der Waals surface area contributed by atoms with Gasteiger partial charge in [-0.15, -0.1) is 0 Å². The van der Waals surface area contributed by atoms with E-state index in [1.807, 2.05) is 42.5 Å². The molecule has 0 fully saturated rings. The zero-order chi connectivity index (χ0) is 12.4. The fourth-order valence-corrected chi connectivity index (χ4v) is 1.86. The lowest BCUT2D eigenvalue weighted by Crippen LogP contribution is -1.95. The SMILES string of the molecule is COc1ccc(Nc2cccc3c2OCO3)cc1. The lowest BCUT2D eigenvalue weighted by molar-refractivity contribution is 0.174. The molecule has 2 aromatic rings. The molecular formula is C14H13NO3. The third kappa shape index (κ3) is 1.93. The second-order valence-corrected chi connectivity index (χ2v) is 3.89. The van der Waals surface area contributed by atoms with Crippen LogP contribution in [-0.4, -0.2) is 13.9 Å². The number of hydrogen-bond donors (Lipinski definition) is 1. The summed E-state index contributed by atoms with van der Waals surface area (Å²) in [7, 11) is 1.65. The van der Waals surface area contributed by atoms with Crippen LogP contribution in [0.3, 0.4) is 0 Å². The van der Waals surface area contributed by atoms with Crippen LogP contribution in [0.5, 0.6) is 17.2 Å². The van der Waals surface area contributed by atoms with Gasteiger partial charge >= 0.3 is 0 Å². The molecule has 4 nitrogen and oxygen atoms in total.